The van der Waals surface area contributed by atoms with Crippen LogP contribution in [0.15, 0.2) is 24.3 Å². The van der Waals surface area contributed by atoms with Gasteiger partial charge in [0, 0.05) is 18.3 Å². The molecule has 22 heavy (non-hydrogen) atoms. The summed E-state index contributed by atoms with van der Waals surface area (Å²) in [6.07, 6.45) is -0.0913. The predicted molar refractivity (Wildman–Crippen MR) is 82.8 cm³/mol. The molecule has 1 N–H and O–H groups in total. The number of carbonyl (C=O) groups is 1. The second-order valence-corrected chi connectivity index (χ2v) is 6.53. The van der Waals surface area contributed by atoms with E-state index in [2.05, 4.69) is 0 Å². The van der Waals surface area contributed by atoms with Gasteiger partial charge in [-0.15, -0.1) is 0 Å². The Kier molecular flexibility index (Phi) is 5.17. The summed E-state index contributed by atoms with van der Waals surface area (Å²) in [5.74, 6) is -0.539. The van der Waals surface area contributed by atoms with E-state index in [1.165, 1.54) is 14.0 Å². The van der Waals surface area contributed by atoms with E-state index in [0.29, 0.717) is 11.3 Å². The van der Waals surface area contributed by atoms with Crippen LogP contribution in [0.4, 0.5) is 0 Å². The largest absolute Gasteiger partial charge is 0.497 e. The zero-order valence-electron chi connectivity index (χ0n) is 13.6. The molecule has 6 nitrogen and oxygen atoms in total. The van der Waals surface area contributed by atoms with Gasteiger partial charge in [0.05, 0.1) is 7.11 Å². The standard InChI is InChI=1S/C16H23NO5/c1-11(17(20)21)10-16(14(18)19,15(2,3)4)12-7-6-8-13(9-12)22-5/h6-9,11H,10H2,1-5H3,(H,18,19). The molecule has 0 fully saturated rings. The first-order valence-electron chi connectivity index (χ1n) is 7.07. The van der Waals surface area contributed by atoms with Gasteiger partial charge in [0.15, 0.2) is 0 Å². The number of hydrogen-bond donors (Lipinski definition) is 1. The van der Waals surface area contributed by atoms with Crippen LogP contribution in [0.3, 0.4) is 0 Å². The SMILES string of the molecule is COc1cccc(C(CC(C)[N+](=O)[O-])(C(=O)O)C(C)(C)C)c1. The van der Waals surface area contributed by atoms with Crippen molar-refractivity contribution in [1.82, 2.24) is 0 Å². The molecule has 0 radical (unpaired) electrons. The Balaban J connectivity index is 3.55. The molecule has 0 amide bonds. The van der Waals surface area contributed by atoms with Gasteiger partial charge in [-0.2, -0.15) is 0 Å². The second-order valence-electron chi connectivity index (χ2n) is 6.53. The summed E-state index contributed by atoms with van der Waals surface area (Å²) < 4.78 is 5.17. The van der Waals surface area contributed by atoms with E-state index in [-0.39, 0.29) is 6.42 Å². The summed E-state index contributed by atoms with van der Waals surface area (Å²) in [5.41, 5.74) is -1.58. The lowest BCUT2D eigenvalue weighted by Crippen LogP contribution is -2.50. The number of hydrogen-bond acceptors (Lipinski definition) is 4. The van der Waals surface area contributed by atoms with Crippen molar-refractivity contribution in [1.29, 1.82) is 0 Å². The van der Waals surface area contributed by atoms with Crippen molar-refractivity contribution in [3.8, 4) is 5.75 Å². The topological polar surface area (TPSA) is 89.7 Å². The number of ether oxygens (including phenoxy) is 1. The normalized spacial score (nSPS) is 15.7. The molecule has 0 heterocycles. The van der Waals surface area contributed by atoms with Crippen LogP contribution >= 0.6 is 0 Å². The third-order valence-corrected chi connectivity index (χ3v) is 4.17. The Morgan fingerprint density at radius 1 is 1.41 bits per heavy atom. The third-order valence-electron chi connectivity index (χ3n) is 4.17. The summed E-state index contributed by atoms with van der Waals surface area (Å²) in [6.45, 7) is 6.79. The van der Waals surface area contributed by atoms with Crippen LogP contribution in [-0.4, -0.2) is 29.2 Å². The minimum atomic E-state index is -1.38. The molecule has 6 heteroatoms. The Hall–Kier alpha value is -2.11. The van der Waals surface area contributed by atoms with Gasteiger partial charge in [0.1, 0.15) is 11.2 Å². The molecule has 1 rings (SSSR count). The lowest BCUT2D eigenvalue weighted by molar-refractivity contribution is -0.520. The highest BCUT2D eigenvalue weighted by Gasteiger charge is 2.52. The average Bonchev–Trinajstić information content (AvgIpc) is 2.42. The highest BCUT2D eigenvalue weighted by molar-refractivity contribution is 5.82. The van der Waals surface area contributed by atoms with Crippen LogP contribution in [0.25, 0.3) is 0 Å². The van der Waals surface area contributed by atoms with Crippen LogP contribution in [0.5, 0.6) is 5.75 Å². The van der Waals surface area contributed by atoms with Crippen molar-refractivity contribution in [2.24, 2.45) is 5.41 Å². The first-order chi connectivity index (χ1) is 10.1. The highest BCUT2D eigenvalue weighted by Crippen LogP contribution is 2.46. The van der Waals surface area contributed by atoms with E-state index in [0.717, 1.165) is 0 Å². The van der Waals surface area contributed by atoms with Crippen LogP contribution in [0, 0.1) is 15.5 Å². The molecule has 2 unspecified atom stereocenters. The van der Waals surface area contributed by atoms with E-state index >= 15 is 0 Å². The molecule has 1 aromatic carbocycles. The van der Waals surface area contributed by atoms with Crippen molar-refractivity contribution in [3.05, 3.63) is 39.9 Å². The maximum absolute atomic E-state index is 12.2. The molecule has 0 aliphatic rings. The first kappa shape index (κ1) is 17.9. The highest BCUT2D eigenvalue weighted by atomic mass is 16.6. The minimum Gasteiger partial charge on any atom is -0.497 e. The Bertz CT molecular complexity index is 564. The fraction of sp³-hybridized carbons (Fsp3) is 0.562. The summed E-state index contributed by atoms with van der Waals surface area (Å²) in [5, 5.41) is 21.0. The number of nitro groups is 1. The van der Waals surface area contributed by atoms with E-state index in [1.54, 1.807) is 45.0 Å². The molecule has 0 saturated carbocycles. The fourth-order valence-electron chi connectivity index (χ4n) is 2.79. The van der Waals surface area contributed by atoms with Gasteiger partial charge >= 0.3 is 5.97 Å². The summed E-state index contributed by atoms with van der Waals surface area (Å²) in [6, 6.07) is 5.78. The number of aliphatic carboxylic acids is 1. The fourth-order valence-corrected chi connectivity index (χ4v) is 2.79. The summed E-state index contributed by atoms with van der Waals surface area (Å²) in [4.78, 5) is 22.8. The predicted octanol–water partition coefficient (Wildman–Crippen LogP) is 3.12. The first-order valence-corrected chi connectivity index (χ1v) is 7.07. The van der Waals surface area contributed by atoms with Crippen molar-refractivity contribution in [3.63, 3.8) is 0 Å². The van der Waals surface area contributed by atoms with Crippen molar-refractivity contribution in [2.75, 3.05) is 7.11 Å². The number of benzene rings is 1. The van der Waals surface area contributed by atoms with Gasteiger partial charge < -0.3 is 9.84 Å². The lowest BCUT2D eigenvalue weighted by Gasteiger charge is -2.42. The monoisotopic (exact) mass is 309 g/mol. The number of methoxy groups -OCH3 is 1. The minimum absolute atomic E-state index is 0.0913. The molecular weight excluding hydrogens is 286 g/mol. The molecule has 0 aliphatic heterocycles. The molecule has 122 valence electrons. The molecule has 0 saturated heterocycles. The van der Waals surface area contributed by atoms with Gasteiger partial charge in [0.25, 0.3) is 0 Å². The van der Waals surface area contributed by atoms with Gasteiger partial charge in [-0.1, -0.05) is 32.9 Å². The maximum atomic E-state index is 12.2. The Morgan fingerprint density at radius 2 is 2.00 bits per heavy atom. The number of nitrogens with zero attached hydrogens (tertiary/aromatic N) is 1. The van der Waals surface area contributed by atoms with Gasteiger partial charge in [-0.25, -0.2) is 0 Å². The van der Waals surface area contributed by atoms with E-state index < -0.39 is 27.8 Å². The van der Waals surface area contributed by atoms with Gasteiger partial charge in [-0.05, 0) is 23.1 Å². The molecule has 1 aromatic rings. The van der Waals surface area contributed by atoms with E-state index in [4.69, 9.17) is 4.74 Å². The zero-order valence-corrected chi connectivity index (χ0v) is 13.6. The van der Waals surface area contributed by atoms with Crippen LogP contribution in [0.2, 0.25) is 0 Å². The zero-order chi connectivity index (χ0) is 17.1. The van der Waals surface area contributed by atoms with E-state index in [9.17, 15) is 20.0 Å². The maximum Gasteiger partial charge on any atom is 0.314 e. The Labute approximate surface area is 130 Å². The van der Waals surface area contributed by atoms with Crippen molar-refractivity contribution < 1.29 is 19.6 Å². The number of carboxylic acids is 1. The Morgan fingerprint density at radius 3 is 2.41 bits per heavy atom. The number of rotatable bonds is 6. The van der Waals surface area contributed by atoms with Crippen LogP contribution < -0.4 is 4.74 Å². The number of carboxylic acid groups (broad SMARTS) is 1. The van der Waals surface area contributed by atoms with Crippen LogP contribution in [0.1, 0.15) is 39.7 Å². The quantitative estimate of drug-likeness (QED) is 0.644. The molecule has 0 spiro atoms. The van der Waals surface area contributed by atoms with Crippen molar-refractivity contribution in [2.45, 2.75) is 45.6 Å². The summed E-state index contributed by atoms with van der Waals surface area (Å²) in [7, 11) is 1.50. The smallest absolute Gasteiger partial charge is 0.314 e. The molecule has 2 atom stereocenters. The average molecular weight is 309 g/mol. The molecular formula is C16H23NO5. The van der Waals surface area contributed by atoms with Crippen LogP contribution in [-0.2, 0) is 10.2 Å². The lowest BCUT2D eigenvalue weighted by atomic mass is 9.60. The van der Waals surface area contributed by atoms with Gasteiger partial charge in [-0.3, -0.25) is 14.9 Å². The molecule has 0 aromatic heterocycles. The summed E-state index contributed by atoms with van der Waals surface area (Å²) >= 11 is 0. The van der Waals surface area contributed by atoms with Gasteiger partial charge in [0.2, 0.25) is 6.04 Å². The third kappa shape index (κ3) is 3.21. The van der Waals surface area contributed by atoms with E-state index in [1.807, 2.05) is 0 Å². The molecule has 0 aliphatic carbocycles. The second kappa shape index (κ2) is 6.34. The molecule has 0 bridgehead atoms. The van der Waals surface area contributed by atoms with Crippen molar-refractivity contribution >= 4 is 5.97 Å².